The molecule has 1 heterocycles. The summed E-state index contributed by atoms with van der Waals surface area (Å²) in [5, 5.41) is 0. The average Bonchev–Trinajstić information content (AvgIpc) is 2.90. The Hall–Kier alpha value is -1.89. The third-order valence-corrected chi connectivity index (χ3v) is 6.56. The SMILES string of the molecule is O=C(C[C@@H]1CCS(=O)(=O)C1)NNC(=O)c1ccc2c(c1)CCCC2. The molecule has 1 aromatic rings. The van der Waals surface area contributed by atoms with Crippen LogP contribution in [0.4, 0.5) is 0 Å². The Kier molecular flexibility index (Phi) is 4.89. The van der Waals surface area contributed by atoms with Crippen LogP contribution in [-0.4, -0.2) is 31.7 Å². The molecule has 6 nitrogen and oxygen atoms in total. The molecule has 0 bridgehead atoms. The van der Waals surface area contributed by atoms with Crippen LogP contribution < -0.4 is 10.9 Å². The smallest absolute Gasteiger partial charge is 0.269 e. The Morgan fingerprint density at radius 1 is 1.08 bits per heavy atom. The second-order valence-electron chi connectivity index (χ2n) is 6.67. The summed E-state index contributed by atoms with van der Waals surface area (Å²) in [5.41, 5.74) is 7.82. The number of hydrogen-bond donors (Lipinski definition) is 2. The van der Waals surface area contributed by atoms with Crippen molar-refractivity contribution in [3.63, 3.8) is 0 Å². The molecular formula is C17H22N2O4S. The maximum absolute atomic E-state index is 12.2. The Morgan fingerprint density at radius 3 is 2.54 bits per heavy atom. The quantitative estimate of drug-likeness (QED) is 0.800. The van der Waals surface area contributed by atoms with Crippen molar-refractivity contribution < 1.29 is 18.0 Å². The second-order valence-corrected chi connectivity index (χ2v) is 8.89. The fourth-order valence-electron chi connectivity index (χ4n) is 3.42. The third-order valence-electron chi connectivity index (χ3n) is 4.73. The molecule has 130 valence electrons. The third kappa shape index (κ3) is 4.14. The molecule has 1 aliphatic heterocycles. The van der Waals surface area contributed by atoms with E-state index >= 15 is 0 Å². The number of fused-ring (bicyclic) bond motifs is 1. The first-order chi connectivity index (χ1) is 11.4. The maximum atomic E-state index is 12.2. The van der Waals surface area contributed by atoms with Crippen molar-refractivity contribution in [2.24, 2.45) is 5.92 Å². The number of hydrogen-bond acceptors (Lipinski definition) is 4. The van der Waals surface area contributed by atoms with Gasteiger partial charge in [-0.2, -0.15) is 0 Å². The van der Waals surface area contributed by atoms with Gasteiger partial charge in [-0.25, -0.2) is 8.42 Å². The van der Waals surface area contributed by atoms with Gasteiger partial charge in [-0.15, -0.1) is 0 Å². The molecule has 2 amide bonds. The lowest BCUT2D eigenvalue weighted by Crippen LogP contribution is -2.42. The van der Waals surface area contributed by atoms with E-state index in [1.807, 2.05) is 12.1 Å². The summed E-state index contributed by atoms with van der Waals surface area (Å²) in [4.78, 5) is 24.0. The number of nitrogens with one attached hydrogen (secondary N) is 2. The highest BCUT2D eigenvalue weighted by molar-refractivity contribution is 7.91. The lowest BCUT2D eigenvalue weighted by molar-refractivity contribution is -0.122. The van der Waals surface area contributed by atoms with Gasteiger partial charge in [-0.3, -0.25) is 20.4 Å². The molecule has 1 fully saturated rings. The Labute approximate surface area is 141 Å². The van der Waals surface area contributed by atoms with Crippen molar-refractivity contribution in [2.75, 3.05) is 11.5 Å². The van der Waals surface area contributed by atoms with Crippen LogP contribution in [0.1, 0.15) is 47.2 Å². The number of sulfone groups is 1. The van der Waals surface area contributed by atoms with Crippen molar-refractivity contribution >= 4 is 21.7 Å². The predicted molar refractivity (Wildman–Crippen MR) is 90.1 cm³/mol. The van der Waals surface area contributed by atoms with Crippen LogP contribution in [0.3, 0.4) is 0 Å². The molecule has 2 aliphatic rings. The van der Waals surface area contributed by atoms with E-state index in [4.69, 9.17) is 0 Å². The molecule has 24 heavy (non-hydrogen) atoms. The molecule has 0 aromatic heterocycles. The van der Waals surface area contributed by atoms with E-state index < -0.39 is 9.84 Å². The summed E-state index contributed by atoms with van der Waals surface area (Å²) in [7, 11) is -2.99. The van der Waals surface area contributed by atoms with Crippen molar-refractivity contribution in [3.8, 4) is 0 Å². The van der Waals surface area contributed by atoms with Gasteiger partial charge in [0.15, 0.2) is 9.84 Å². The highest BCUT2D eigenvalue weighted by Crippen LogP contribution is 2.22. The number of carbonyl (C=O) groups excluding carboxylic acids is 2. The molecule has 0 radical (unpaired) electrons. The first kappa shape index (κ1) is 17.0. The van der Waals surface area contributed by atoms with Gasteiger partial charge in [0.05, 0.1) is 11.5 Å². The summed E-state index contributed by atoms with van der Waals surface area (Å²) in [5.74, 6) is -0.666. The maximum Gasteiger partial charge on any atom is 0.269 e. The largest absolute Gasteiger partial charge is 0.273 e. The topological polar surface area (TPSA) is 92.3 Å². The predicted octanol–water partition coefficient (Wildman–Crippen LogP) is 1.15. The van der Waals surface area contributed by atoms with E-state index in [-0.39, 0.29) is 35.7 Å². The van der Waals surface area contributed by atoms with Crippen LogP contribution in [-0.2, 0) is 27.5 Å². The van der Waals surface area contributed by atoms with Gasteiger partial charge in [-0.05, 0) is 61.3 Å². The Balaban J connectivity index is 1.51. The van der Waals surface area contributed by atoms with Gasteiger partial charge in [0.25, 0.3) is 5.91 Å². The molecule has 1 saturated heterocycles. The number of carbonyl (C=O) groups is 2. The number of hydrazine groups is 1. The number of amides is 2. The summed E-state index contributed by atoms with van der Waals surface area (Å²) < 4.78 is 22.8. The first-order valence-corrected chi connectivity index (χ1v) is 10.2. The fraction of sp³-hybridized carbons (Fsp3) is 0.529. The van der Waals surface area contributed by atoms with Crippen LogP contribution in [0.2, 0.25) is 0 Å². The van der Waals surface area contributed by atoms with E-state index in [0.29, 0.717) is 12.0 Å². The Morgan fingerprint density at radius 2 is 1.83 bits per heavy atom. The minimum absolute atomic E-state index is 0.0548. The van der Waals surface area contributed by atoms with Gasteiger partial charge in [0.1, 0.15) is 0 Å². The van der Waals surface area contributed by atoms with Gasteiger partial charge in [0.2, 0.25) is 5.91 Å². The molecule has 1 aliphatic carbocycles. The van der Waals surface area contributed by atoms with Crippen molar-refractivity contribution in [1.82, 2.24) is 10.9 Å². The van der Waals surface area contributed by atoms with E-state index in [1.54, 1.807) is 6.07 Å². The Bertz CT molecular complexity index is 758. The zero-order valence-electron chi connectivity index (χ0n) is 13.5. The summed E-state index contributed by atoms with van der Waals surface area (Å²) in [6.07, 6.45) is 4.99. The van der Waals surface area contributed by atoms with E-state index in [2.05, 4.69) is 10.9 Å². The molecule has 1 aromatic carbocycles. The van der Waals surface area contributed by atoms with Crippen LogP contribution in [0, 0.1) is 5.92 Å². The van der Waals surface area contributed by atoms with Gasteiger partial charge in [-0.1, -0.05) is 6.07 Å². The van der Waals surface area contributed by atoms with E-state index in [9.17, 15) is 18.0 Å². The summed E-state index contributed by atoms with van der Waals surface area (Å²) in [6.45, 7) is 0. The van der Waals surface area contributed by atoms with Gasteiger partial charge >= 0.3 is 0 Å². The molecule has 3 rings (SSSR count). The van der Waals surface area contributed by atoms with Crippen LogP contribution in [0.25, 0.3) is 0 Å². The fourth-order valence-corrected chi connectivity index (χ4v) is 5.28. The molecule has 0 spiro atoms. The van der Waals surface area contributed by atoms with E-state index in [0.717, 1.165) is 19.3 Å². The molecule has 2 N–H and O–H groups in total. The normalized spacial score (nSPS) is 21.8. The lowest BCUT2D eigenvalue weighted by atomic mass is 9.90. The molecule has 1 atom stereocenters. The first-order valence-electron chi connectivity index (χ1n) is 8.34. The highest BCUT2D eigenvalue weighted by Gasteiger charge is 2.29. The van der Waals surface area contributed by atoms with Gasteiger partial charge < -0.3 is 0 Å². The van der Waals surface area contributed by atoms with E-state index in [1.165, 1.54) is 17.5 Å². The van der Waals surface area contributed by atoms with Crippen molar-refractivity contribution in [1.29, 1.82) is 0 Å². The minimum atomic E-state index is -2.99. The summed E-state index contributed by atoms with van der Waals surface area (Å²) in [6, 6.07) is 5.64. The highest BCUT2D eigenvalue weighted by atomic mass is 32.2. The monoisotopic (exact) mass is 350 g/mol. The van der Waals surface area contributed by atoms with Crippen LogP contribution >= 0.6 is 0 Å². The molecule has 7 heteroatoms. The molecular weight excluding hydrogens is 328 g/mol. The standard InChI is InChI=1S/C17H22N2O4S/c20-16(9-12-7-8-24(22,23)11-12)18-19-17(21)15-6-5-13-3-1-2-4-14(13)10-15/h5-6,10,12H,1-4,7-9,11H2,(H,18,20)(H,19,21)/t12-/m0/s1. The second kappa shape index (κ2) is 6.93. The number of rotatable bonds is 3. The molecule has 0 saturated carbocycles. The molecule has 0 unspecified atom stereocenters. The summed E-state index contributed by atoms with van der Waals surface area (Å²) >= 11 is 0. The number of aryl methyl sites for hydroxylation is 2. The van der Waals surface area contributed by atoms with Crippen LogP contribution in [0.5, 0.6) is 0 Å². The number of benzene rings is 1. The average molecular weight is 350 g/mol. The van der Waals surface area contributed by atoms with Crippen LogP contribution in [0.15, 0.2) is 18.2 Å². The zero-order chi connectivity index (χ0) is 17.2. The van der Waals surface area contributed by atoms with Gasteiger partial charge in [0, 0.05) is 12.0 Å². The minimum Gasteiger partial charge on any atom is -0.273 e. The lowest BCUT2D eigenvalue weighted by Gasteiger charge is -2.16. The van der Waals surface area contributed by atoms with Crippen molar-refractivity contribution in [3.05, 3.63) is 34.9 Å². The van der Waals surface area contributed by atoms with Crippen molar-refractivity contribution in [2.45, 2.75) is 38.5 Å². The zero-order valence-corrected chi connectivity index (χ0v) is 14.3.